The standard InChI is InChI=1S/C12H21NO5S/c1-8(2)13-11(16)9(3)19(17,18)7-12(4-5-12)6-10(14)15/h8-9H,4-7H2,1-3H3,(H,13,16)(H,14,15). The number of carbonyl (C=O) groups excluding carboxylic acids is 1. The van der Waals surface area contributed by atoms with E-state index >= 15 is 0 Å². The lowest BCUT2D eigenvalue weighted by atomic mass is 10.1. The molecule has 6 nitrogen and oxygen atoms in total. The van der Waals surface area contributed by atoms with Gasteiger partial charge in [0, 0.05) is 6.04 Å². The molecule has 110 valence electrons. The molecule has 0 radical (unpaired) electrons. The zero-order chi connectivity index (χ0) is 14.8. The van der Waals surface area contributed by atoms with Gasteiger partial charge in [0.2, 0.25) is 5.91 Å². The highest BCUT2D eigenvalue weighted by molar-refractivity contribution is 7.92. The zero-order valence-corrected chi connectivity index (χ0v) is 12.3. The highest BCUT2D eigenvalue weighted by Crippen LogP contribution is 2.50. The Morgan fingerprint density at radius 1 is 1.26 bits per heavy atom. The fourth-order valence-corrected chi connectivity index (χ4v) is 3.87. The summed E-state index contributed by atoms with van der Waals surface area (Å²) in [5.41, 5.74) is -0.656. The summed E-state index contributed by atoms with van der Waals surface area (Å²) in [5, 5.41) is 10.2. The van der Waals surface area contributed by atoms with Gasteiger partial charge in [-0.05, 0) is 39.0 Å². The van der Waals surface area contributed by atoms with Crippen LogP contribution in [0.2, 0.25) is 0 Å². The molecule has 1 unspecified atom stereocenters. The largest absolute Gasteiger partial charge is 0.481 e. The second-order valence-electron chi connectivity index (χ2n) is 5.68. The van der Waals surface area contributed by atoms with E-state index in [9.17, 15) is 18.0 Å². The summed E-state index contributed by atoms with van der Waals surface area (Å²) in [7, 11) is -3.62. The third-order valence-electron chi connectivity index (χ3n) is 3.33. The number of aliphatic carboxylic acids is 1. The van der Waals surface area contributed by atoms with Crippen molar-refractivity contribution in [1.82, 2.24) is 5.32 Å². The van der Waals surface area contributed by atoms with E-state index in [0.29, 0.717) is 12.8 Å². The van der Waals surface area contributed by atoms with E-state index < -0.39 is 32.4 Å². The second-order valence-corrected chi connectivity index (χ2v) is 8.00. The maximum absolute atomic E-state index is 12.1. The molecule has 19 heavy (non-hydrogen) atoms. The molecule has 0 aliphatic heterocycles. The molecule has 0 heterocycles. The number of hydrogen-bond acceptors (Lipinski definition) is 4. The number of carboxylic acids is 1. The van der Waals surface area contributed by atoms with Crippen LogP contribution >= 0.6 is 0 Å². The van der Waals surface area contributed by atoms with Gasteiger partial charge >= 0.3 is 5.97 Å². The van der Waals surface area contributed by atoms with Crippen molar-refractivity contribution in [3.63, 3.8) is 0 Å². The van der Waals surface area contributed by atoms with Crippen LogP contribution in [-0.4, -0.2) is 42.4 Å². The molecule has 1 aliphatic carbocycles. The number of carbonyl (C=O) groups is 2. The summed E-state index contributed by atoms with van der Waals surface area (Å²) >= 11 is 0. The molecule has 1 aliphatic rings. The van der Waals surface area contributed by atoms with Gasteiger partial charge in [0.25, 0.3) is 0 Å². The molecule has 0 aromatic heterocycles. The SMILES string of the molecule is CC(C)NC(=O)C(C)S(=O)(=O)CC1(CC(=O)O)CC1. The normalized spacial score (nSPS) is 18.9. The van der Waals surface area contributed by atoms with Gasteiger partial charge in [-0.2, -0.15) is 0 Å². The average Bonchev–Trinajstić information content (AvgIpc) is 2.93. The van der Waals surface area contributed by atoms with E-state index in [1.807, 2.05) is 0 Å². The highest BCUT2D eigenvalue weighted by atomic mass is 32.2. The summed E-state index contributed by atoms with van der Waals surface area (Å²) in [5.74, 6) is -1.74. The highest BCUT2D eigenvalue weighted by Gasteiger charge is 2.49. The molecule has 2 N–H and O–H groups in total. The summed E-state index contributed by atoms with van der Waals surface area (Å²) in [4.78, 5) is 22.4. The lowest BCUT2D eigenvalue weighted by molar-refractivity contribution is -0.138. The Morgan fingerprint density at radius 3 is 2.16 bits per heavy atom. The smallest absolute Gasteiger partial charge is 0.303 e. The van der Waals surface area contributed by atoms with Crippen molar-refractivity contribution in [3.05, 3.63) is 0 Å². The quantitative estimate of drug-likeness (QED) is 0.714. The average molecular weight is 291 g/mol. The predicted octanol–water partition coefficient (Wildman–Crippen LogP) is 0.569. The van der Waals surface area contributed by atoms with E-state index in [1.165, 1.54) is 6.92 Å². The van der Waals surface area contributed by atoms with Gasteiger partial charge in [-0.3, -0.25) is 9.59 Å². The van der Waals surface area contributed by atoms with Crippen LogP contribution in [0, 0.1) is 5.41 Å². The van der Waals surface area contributed by atoms with Crippen molar-refractivity contribution in [3.8, 4) is 0 Å². The Kier molecular flexibility index (Phi) is 4.60. The molecule has 1 rings (SSSR count). The first-order valence-corrected chi connectivity index (χ1v) is 8.03. The minimum atomic E-state index is -3.62. The monoisotopic (exact) mass is 291 g/mol. The number of rotatable bonds is 7. The molecule has 0 saturated heterocycles. The Labute approximate surface area is 113 Å². The van der Waals surface area contributed by atoms with Crippen LogP contribution < -0.4 is 5.32 Å². The van der Waals surface area contributed by atoms with Crippen molar-refractivity contribution in [2.45, 2.75) is 51.3 Å². The molecule has 1 fully saturated rings. The van der Waals surface area contributed by atoms with Crippen LogP contribution in [0.5, 0.6) is 0 Å². The lowest BCUT2D eigenvalue weighted by Gasteiger charge is -2.18. The molecular formula is C12H21NO5S. The minimum Gasteiger partial charge on any atom is -0.481 e. The number of sulfone groups is 1. The van der Waals surface area contributed by atoms with Gasteiger partial charge in [0.15, 0.2) is 9.84 Å². The van der Waals surface area contributed by atoms with Crippen LogP contribution in [0.3, 0.4) is 0 Å². The van der Waals surface area contributed by atoms with Gasteiger partial charge in [-0.1, -0.05) is 0 Å². The number of hydrogen-bond donors (Lipinski definition) is 2. The molecule has 0 aromatic carbocycles. The van der Waals surface area contributed by atoms with Crippen LogP contribution in [-0.2, 0) is 19.4 Å². The van der Waals surface area contributed by atoms with Crippen molar-refractivity contribution in [2.24, 2.45) is 5.41 Å². The van der Waals surface area contributed by atoms with Crippen LogP contribution in [0.4, 0.5) is 0 Å². The van der Waals surface area contributed by atoms with Gasteiger partial charge in [-0.15, -0.1) is 0 Å². The first kappa shape index (κ1) is 15.9. The van der Waals surface area contributed by atoms with Crippen molar-refractivity contribution in [2.75, 3.05) is 5.75 Å². The van der Waals surface area contributed by atoms with Crippen molar-refractivity contribution >= 4 is 21.7 Å². The van der Waals surface area contributed by atoms with Gasteiger partial charge in [0.1, 0.15) is 5.25 Å². The van der Waals surface area contributed by atoms with Crippen LogP contribution in [0.15, 0.2) is 0 Å². The van der Waals surface area contributed by atoms with Gasteiger partial charge in [0.05, 0.1) is 12.2 Å². The molecule has 0 spiro atoms. The summed E-state index contributed by atoms with van der Waals surface area (Å²) in [6, 6.07) is -0.126. The topological polar surface area (TPSA) is 101 Å². The van der Waals surface area contributed by atoms with E-state index in [4.69, 9.17) is 5.11 Å². The Bertz CT molecular complexity index is 465. The molecule has 1 amide bonds. The first-order valence-electron chi connectivity index (χ1n) is 6.32. The predicted molar refractivity (Wildman–Crippen MR) is 70.4 cm³/mol. The minimum absolute atomic E-state index is 0.126. The molecule has 7 heteroatoms. The lowest BCUT2D eigenvalue weighted by Crippen LogP contribution is -2.43. The molecule has 1 atom stereocenters. The maximum atomic E-state index is 12.1. The number of carboxylic acid groups (broad SMARTS) is 1. The van der Waals surface area contributed by atoms with Gasteiger partial charge in [-0.25, -0.2) is 8.42 Å². The fourth-order valence-electron chi connectivity index (χ4n) is 1.99. The molecular weight excluding hydrogens is 270 g/mol. The third kappa shape index (κ3) is 4.49. The van der Waals surface area contributed by atoms with Crippen LogP contribution in [0.25, 0.3) is 0 Å². The number of nitrogens with one attached hydrogen (secondary N) is 1. The summed E-state index contributed by atoms with van der Waals surface area (Å²) in [6.07, 6.45) is 1.04. The van der Waals surface area contributed by atoms with Gasteiger partial charge < -0.3 is 10.4 Å². The van der Waals surface area contributed by atoms with E-state index in [0.717, 1.165) is 0 Å². The zero-order valence-electron chi connectivity index (χ0n) is 11.5. The Morgan fingerprint density at radius 2 is 1.79 bits per heavy atom. The molecule has 0 bridgehead atoms. The van der Waals surface area contributed by atoms with Crippen molar-refractivity contribution in [1.29, 1.82) is 0 Å². The van der Waals surface area contributed by atoms with Crippen LogP contribution in [0.1, 0.15) is 40.0 Å². The fraction of sp³-hybridized carbons (Fsp3) is 0.833. The van der Waals surface area contributed by atoms with E-state index in [-0.39, 0.29) is 18.2 Å². The Balaban J connectivity index is 2.71. The second kappa shape index (κ2) is 5.48. The third-order valence-corrected chi connectivity index (χ3v) is 5.64. The molecule has 1 saturated carbocycles. The Hall–Kier alpha value is -1.11. The van der Waals surface area contributed by atoms with E-state index in [2.05, 4.69) is 5.32 Å². The van der Waals surface area contributed by atoms with Crippen molar-refractivity contribution < 1.29 is 23.1 Å². The summed E-state index contributed by atoms with van der Waals surface area (Å²) in [6.45, 7) is 4.86. The number of amides is 1. The summed E-state index contributed by atoms with van der Waals surface area (Å²) < 4.78 is 24.3. The molecule has 0 aromatic rings. The maximum Gasteiger partial charge on any atom is 0.303 e. The first-order chi connectivity index (χ1) is 8.58. The van der Waals surface area contributed by atoms with E-state index in [1.54, 1.807) is 13.8 Å².